The smallest absolute Gasteiger partial charge is 0.267 e. The number of benzene rings is 2. The molecule has 6 nitrogen and oxygen atoms in total. The second-order valence-electron chi connectivity index (χ2n) is 8.19. The van der Waals surface area contributed by atoms with Crippen molar-refractivity contribution in [3.05, 3.63) is 53.6 Å². The summed E-state index contributed by atoms with van der Waals surface area (Å²) < 4.78 is 31.9. The number of carbonyl (C=O) groups excluding carboxylic acids is 1. The molecule has 0 bridgehead atoms. The first kappa shape index (κ1) is 20.2. The van der Waals surface area contributed by atoms with Gasteiger partial charge in [0.15, 0.2) is 6.10 Å². The maximum Gasteiger partial charge on any atom is 0.267 e. The van der Waals surface area contributed by atoms with Gasteiger partial charge >= 0.3 is 0 Å². The fraction of sp³-hybridized carbons (Fsp3) is 0.381. The van der Waals surface area contributed by atoms with Crippen LogP contribution in [-0.4, -0.2) is 33.2 Å². The topological polar surface area (TPSA) is 75.7 Å². The van der Waals surface area contributed by atoms with Gasteiger partial charge in [0.05, 0.1) is 18.5 Å². The highest BCUT2D eigenvalue weighted by Gasteiger charge is 2.35. The highest BCUT2D eigenvalue weighted by molar-refractivity contribution is 7.92. The van der Waals surface area contributed by atoms with Crippen molar-refractivity contribution in [3.63, 3.8) is 0 Å². The number of amides is 1. The lowest BCUT2D eigenvalue weighted by Crippen LogP contribution is -2.48. The summed E-state index contributed by atoms with van der Waals surface area (Å²) in [6, 6.07) is 12.8. The van der Waals surface area contributed by atoms with Gasteiger partial charge in [-0.1, -0.05) is 44.5 Å². The van der Waals surface area contributed by atoms with Gasteiger partial charge in [0.1, 0.15) is 5.75 Å². The van der Waals surface area contributed by atoms with Crippen LogP contribution in [0.4, 0.5) is 11.4 Å². The predicted octanol–water partition coefficient (Wildman–Crippen LogP) is 3.46. The Kier molecular flexibility index (Phi) is 5.14. The lowest BCUT2D eigenvalue weighted by molar-refractivity contribution is -0.122. The molecule has 2 aromatic rings. The molecule has 28 heavy (non-hydrogen) atoms. The van der Waals surface area contributed by atoms with Gasteiger partial charge in [0.25, 0.3) is 5.91 Å². The van der Waals surface area contributed by atoms with Gasteiger partial charge < -0.3 is 10.1 Å². The Labute approximate surface area is 166 Å². The molecule has 1 unspecified atom stereocenters. The van der Waals surface area contributed by atoms with Gasteiger partial charge in [-0.3, -0.25) is 9.10 Å². The predicted molar refractivity (Wildman–Crippen MR) is 112 cm³/mol. The summed E-state index contributed by atoms with van der Waals surface area (Å²) >= 11 is 0. The minimum Gasteiger partial charge on any atom is -0.476 e. The first-order chi connectivity index (χ1) is 12.9. The van der Waals surface area contributed by atoms with E-state index in [4.69, 9.17) is 4.74 Å². The average Bonchev–Trinajstić information content (AvgIpc) is 2.60. The van der Waals surface area contributed by atoms with Crippen LogP contribution < -0.4 is 14.4 Å². The van der Waals surface area contributed by atoms with Crippen LogP contribution in [0.25, 0.3) is 0 Å². The summed E-state index contributed by atoms with van der Waals surface area (Å²) in [4.78, 5) is 12.7. The van der Waals surface area contributed by atoms with Crippen molar-refractivity contribution < 1.29 is 17.9 Å². The van der Waals surface area contributed by atoms with Crippen molar-refractivity contribution in [3.8, 4) is 5.75 Å². The molecule has 1 N–H and O–H groups in total. The van der Waals surface area contributed by atoms with Crippen LogP contribution in [0.2, 0.25) is 0 Å². The van der Waals surface area contributed by atoms with Crippen molar-refractivity contribution >= 4 is 27.3 Å². The highest BCUT2D eigenvalue weighted by Crippen LogP contribution is 2.38. The molecule has 2 aromatic carbocycles. The van der Waals surface area contributed by atoms with Crippen LogP contribution in [0.15, 0.2) is 42.5 Å². The standard InChI is InChI=1S/C21H26N2O4S/c1-14-6-9-16(10-7-14)22-20(24)19-13-23(28(5,25)26)17-12-15(21(2,3)4)8-11-18(17)27-19/h6-12,19H,13H2,1-5H3,(H,22,24). The largest absolute Gasteiger partial charge is 0.476 e. The molecule has 0 saturated heterocycles. The van der Waals surface area contributed by atoms with Gasteiger partial charge in [-0.25, -0.2) is 8.42 Å². The molecule has 150 valence electrons. The molecule has 1 aliphatic rings. The van der Waals surface area contributed by atoms with Crippen molar-refractivity contribution in [2.24, 2.45) is 0 Å². The Balaban J connectivity index is 1.92. The van der Waals surface area contributed by atoms with E-state index in [0.717, 1.165) is 17.4 Å². The Morgan fingerprint density at radius 1 is 1.14 bits per heavy atom. The van der Waals surface area contributed by atoms with E-state index in [1.54, 1.807) is 18.2 Å². The minimum atomic E-state index is -3.57. The average molecular weight is 403 g/mol. The first-order valence-corrected chi connectivity index (χ1v) is 11.0. The fourth-order valence-electron chi connectivity index (χ4n) is 3.03. The maximum absolute atomic E-state index is 12.7. The van der Waals surface area contributed by atoms with E-state index in [1.165, 1.54) is 4.31 Å². The number of sulfonamides is 1. The number of nitrogens with zero attached hydrogens (tertiary/aromatic N) is 1. The second kappa shape index (κ2) is 7.13. The summed E-state index contributed by atoms with van der Waals surface area (Å²) in [5, 5.41) is 2.79. The molecule has 7 heteroatoms. The minimum absolute atomic E-state index is 0.0723. The van der Waals surface area contributed by atoms with E-state index in [9.17, 15) is 13.2 Å². The van der Waals surface area contributed by atoms with Gasteiger partial charge in [0, 0.05) is 5.69 Å². The molecule has 0 saturated carbocycles. The molecule has 0 spiro atoms. The van der Waals surface area contributed by atoms with Gasteiger partial charge in [-0.2, -0.15) is 0 Å². The van der Waals surface area contributed by atoms with Gasteiger partial charge in [0.2, 0.25) is 10.0 Å². The number of anilines is 2. The lowest BCUT2D eigenvalue weighted by atomic mass is 9.86. The molecule has 1 atom stereocenters. The quantitative estimate of drug-likeness (QED) is 0.853. The third-order valence-corrected chi connectivity index (χ3v) is 5.85. The second-order valence-corrected chi connectivity index (χ2v) is 10.1. The summed E-state index contributed by atoms with van der Waals surface area (Å²) in [5.41, 5.74) is 3.04. The van der Waals surface area contributed by atoms with E-state index >= 15 is 0 Å². The maximum atomic E-state index is 12.7. The van der Waals surface area contributed by atoms with Crippen LogP contribution in [-0.2, 0) is 20.2 Å². The number of hydrogen-bond acceptors (Lipinski definition) is 4. The van der Waals surface area contributed by atoms with E-state index in [0.29, 0.717) is 17.1 Å². The number of nitrogens with one attached hydrogen (secondary N) is 1. The summed E-state index contributed by atoms with van der Waals surface area (Å²) in [7, 11) is -3.57. The number of ether oxygens (including phenoxy) is 1. The molecule has 1 aliphatic heterocycles. The zero-order chi connectivity index (χ0) is 20.7. The van der Waals surface area contributed by atoms with Crippen molar-refractivity contribution in [1.82, 2.24) is 0 Å². The van der Waals surface area contributed by atoms with Crippen LogP contribution in [0.3, 0.4) is 0 Å². The normalized spacial score (nSPS) is 16.9. The first-order valence-electron chi connectivity index (χ1n) is 9.11. The molecule has 0 fully saturated rings. The number of fused-ring (bicyclic) bond motifs is 1. The number of hydrogen-bond donors (Lipinski definition) is 1. The van der Waals surface area contributed by atoms with Crippen molar-refractivity contribution in [2.75, 3.05) is 22.4 Å². The third kappa shape index (κ3) is 4.30. The number of carbonyl (C=O) groups is 1. The molecule has 0 aliphatic carbocycles. The Morgan fingerprint density at radius 3 is 2.36 bits per heavy atom. The number of aryl methyl sites for hydroxylation is 1. The van der Waals surface area contributed by atoms with Gasteiger partial charge in [-0.05, 0) is 42.2 Å². The fourth-order valence-corrected chi connectivity index (χ4v) is 3.93. The summed E-state index contributed by atoms with van der Waals surface area (Å²) in [5.74, 6) is -0.00298. The SMILES string of the molecule is Cc1ccc(NC(=O)C2CN(S(C)(=O)=O)c3cc(C(C)(C)C)ccc3O2)cc1. The van der Waals surface area contributed by atoms with E-state index in [-0.39, 0.29) is 17.9 Å². The summed E-state index contributed by atoms with van der Waals surface area (Å²) in [6.07, 6.45) is 0.199. The molecule has 1 amide bonds. The Hall–Kier alpha value is -2.54. The molecular weight excluding hydrogens is 376 g/mol. The molecule has 0 aromatic heterocycles. The van der Waals surface area contributed by atoms with Gasteiger partial charge in [-0.15, -0.1) is 0 Å². The van der Waals surface area contributed by atoms with Crippen molar-refractivity contribution in [1.29, 1.82) is 0 Å². The Morgan fingerprint density at radius 2 is 1.79 bits per heavy atom. The van der Waals surface area contributed by atoms with Crippen LogP contribution in [0.5, 0.6) is 5.75 Å². The monoisotopic (exact) mass is 402 g/mol. The molecule has 1 heterocycles. The van der Waals surface area contributed by atoms with Crippen LogP contribution >= 0.6 is 0 Å². The third-order valence-electron chi connectivity index (χ3n) is 4.71. The highest BCUT2D eigenvalue weighted by atomic mass is 32.2. The molecular formula is C21H26N2O4S. The van der Waals surface area contributed by atoms with Crippen molar-refractivity contribution in [2.45, 2.75) is 39.2 Å². The van der Waals surface area contributed by atoms with E-state index in [2.05, 4.69) is 26.1 Å². The van der Waals surface area contributed by atoms with E-state index < -0.39 is 16.1 Å². The summed E-state index contributed by atoms with van der Waals surface area (Å²) in [6.45, 7) is 8.06. The molecule has 0 radical (unpaired) electrons. The van der Waals surface area contributed by atoms with Crippen LogP contribution in [0, 0.1) is 6.92 Å². The van der Waals surface area contributed by atoms with E-state index in [1.807, 2.05) is 31.2 Å². The molecule has 3 rings (SSSR count). The lowest BCUT2D eigenvalue weighted by Gasteiger charge is -2.35. The zero-order valence-electron chi connectivity index (χ0n) is 16.8. The zero-order valence-corrected chi connectivity index (χ0v) is 17.6. The Bertz CT molecular complexity index is 992. The van der Waals surface area contributed by atoms with Crippen LogP contribution in [0.1, 0.15) is 31.9 Å². The number of rotatable bonds is 3.